The Bertz CT molecular complexity index is 1090. The Balaban J connectivity index is 1.55. The Hall–Kier alpha value is -3.65. The van der Waals surface area contributed by atoms with Crippen molar-refractivity contribution in [2.45, 2.75) is 30.5 Å². The van der Waals surface area contributed by atoms with E-state index in [1.807, 2.05) is 37.3 Å². The molecule has 0 saturated carbocycles. The molecule has 0 spiro atoms. The number of rotatable bonds is 8. The van der Waals surface area contributed by atoms with Crippen LogP contribution in [0.5, 0.6) is 0 Å². The molecule has 3 N–H and O–H groups in total. The van der Waals surface area contributed by atoms with E-state index >= 15 is 0 Å². The lowest BCUT2D eigenvalue weighted by Crippen LogP contribution is -2.24. The molecule has 0 fully saturated rings. The van der Waals surface area contributed by atoms with Crippen LogP contribution in [0.15, 0.2) is 77.8 Å². The molecule has 0 aliphatic heterocycles. The van der Waals surface area contributed by atoms with Crippen LogP contribution in [0.4, 0.5) is 11.4 Å². The number of anilines is 2. The van der Waals surface area contributed by atoms with E-state index < -0.39 is 0 Å². The molecule has 1 atom stereocenters. The number of carbonyl (C=O) groups excluding carboxylic acids is 3. The Morgan fingerprint density at radius 2 is 1.72 bits per heavy atom. The fourth-order valence-electron chi connectivity index (χ4n) is 2.84. The van der Waals surface area contributed by atoms with E-state index in [4.69, 9.17) is 0 Å². The average Bonchev–Trinajstić information content (AvgIpc) is 2.79. The third-order valence-corrected chi connectivity index (χ3v) is 5.52. The van der Waals surface area contributed by atoms with Crippen LogP contribution < -0.4 is 16.0 Å². The zero-order valence-corrected chi connectivity index (χ0v) is 18.6. The minimum atomic E-state index is -0.358. The topological polar surface area (TPSA) is 100 Å². The second kappa shape index (κ2) is 11.1. The van der Waals surface area contributed by atoms with Crippen molar-refractivity contribution >= 4 is 40.9 Å². The summed E-state index contributed by atoms with van der Waals surface area (Å²) in [6.07, 6.45) is 1.67. The molecule has 0 saturated heterocycles. The first-order chi connectivity index (χ1) is 15.4. The number of nitrogens with one attached hydrogen (secondary N) is 3. The quantitative estimate of drug-likeness (QED) is 0.451. The van der Waals surface area contributed by atoms with Gasteiger partial charge in [-0.25, -0.2) is 0 Å². The van der Waals surface area contributed by atoms with Gasteiger partial charge in [0, 0.05) is 35.0 Å². The second-order valence-corrected chi connectivity index (χ2v) is 8.45. The van der Waals surface area contributed by atoms with Crippen molar-refractivity contribution in [2.24, 2.45) is 0 Å². The normalized spacial score (nSPS) is 11.3. The van der Waals surface area contributed by atoms with Gasteiger partial charge in [0.25, 0.3) is 5.91 Å². The number of amides is 3. The predicted molar refractivity (Wildman–Crippen MR) is 127 cm³/mol. The van der Waals surface area contributed by atoms with Crippen LogP contribution in [-0.2, 0) is 16.1 Å². The van der Waals surface area contributed by atoms with Gasteiger partial charge in [0.1, 0.15) is 0 Å². The van der Waals surface area contributed by atoms with Gasteiger partial charge in [-0.2, -0.15) is 0 Å². The first kappa shape index (κ1) is 23.0. The molecule has 1 unspecified atom stereocenters. The third kappa shape index (κ3) is 6.95. The standard InChI is InChI=1S/C24H24N4O3S/c1-16(32-22-11-9-19(10-12-22)27-17(2)29)23(30)28-20-8-5-6-18(14-20)24(31)26-15-21-7-3-4-13-25-21/h3-14,16H,15H2,1-2H3,(H,26,31)(H,27,29)(H,28,30). The number of benzene rings is 2. The van der Waals surface area contributed by atoms with Crippen LogP contribution in [0, 0.1) is 0 Å². The van der Waals surface area contributed by atoms with E-state index in [1.54, 1.807) is 42.6 Å². The maximum atomic E-state index is 12.6. The highest BCUT2D eigenvalue weighted by atomic mass is 32.2. The van der Waals surface area contributed by atoms with Gasteiger partial charge >= 0.3 is 0 Å². The average molecular weight is 449 g/mol. The maximum absolute atomic E-state index is 12.6. The lowest BCUT2D eigenvalue weighted by atomic mass is 10.2. The van der Waals surface area contributed by atoms with Gasteiger partial charge in [-0.1, -0.05) is 12.1 Å². The van der Waals surface area contributed by atoms with Crippen LogP contribution in [-0.4, -0.2) is 28.0 Å². The molecule has 0 aliphatic rings. The Morgan fingerprint density at radius 1 is 0.938 bits per heavy atom. The fraction of sp³-hybridized carbons (Fsp3) is 0.167. The van der Waals surface area contributed by atoms with Gasteiger partial charge in [0.15, 0.2) is 0 Å². The van der Waals surface area contributed by atoms with Crippen LogP contribution in [0.2, 0.25) is 0 Å². The van der Waals surface area contributed by atoms with Crippen LogP contribution in [0.1, 0.15) is 29.9 Å². The molecular formula is C24H24N4O3S. The molecule has 0 radical (unpaired) electrons. The highest BCUT2D eigenvalue weighted by Gasteiger charge is 2.15. The first-order valence-corrected chi connectivity index (χ1v) is 10.9. The molecule has 0 aliphatic carbocycles. The summed E-state index contributed by atoms with van der Waals surface area (Å²) in [6.45, 7) is 3.59. The molecule has 32 heavy (non-hydrogen) atoms. The second-order valence-electron chi connectivity index (χ2n) is 7.04. The van der Waals surface area contributed by atoms with Gasteiger partial charge in [-0.15, -0.1) is 11.8 Å². The van der Waals surface area contributed by atoms with Gasteiger partial charge in [-0.05, 0) is 61.5 Å². The van der Waals surface area contributed by atoms with Gasteiger partial charge in [-0.3, -0.25) is 19.4 Å². The molecule has 3 aromatic rings. The molecule has 1 heterocycles. The number of nitrogens with zero attached hydrogens (tertiary/aromatic N) is 1. The summed E-state index contributed by atoms with van der Waals surface area (Å²) in [7, 11) is 0. The summed E-state index contributed by atoms with van der Waals surface area (Å²) in [5, 5.41) is 8.03. The maximum Gasteiger partial charge on any atom is 0.251 e. The first-order valence-electron chi connectivity index (χ1n) is 10.0. The van der Waals surface area contributed by atoms with Crippen LogP contribution in [0.3, 0.4) is 0 Å². The minimum absolute atomic E-state index is 0.134. The monoisotopic (exact) mass is 448 g/mol. The lowest BCUT2D eigenvalue weighted by Gasteiger charge is -2.13. The van der Waals surface area contributed by atoms with E-state index in [0.717, 1.165) is 10.6 Å². The molecular weight excluding hydrogens is 424 g/mol. The van der Waals surface area contributed by atoms with E-state index in [-0.39, 0.29) is 23.0 Å². The number of thioether (sulfide) groups is 1. The van der Waals surface area contributed by atoms with Crippen LogP contribution in [0.25, 0.3) is 0 Å². The third-order valence-electron chi connectivity index (χ3n) is 4.41. The number of pyridine rings is 1. The molecule has 2 aromatic carbocycles. The van der Waals surface area contributed by atoms with E-state index in [2.05, 4.69) is 20.9 Å². The van der Waals surface area contributed by atoms with Crippen molar-refractivity contribution in [3.05, 3.63) is 84.2 Å². The summed E-state index contributed by atoms with van der Waals surface area (Å²) in [4.78, 5) is 41.3. The molecule has 3 rings (SSSR count). The van der Waals surface area contributed by atoms with Crippen molar-refractivity contribution in [2.75, 3.05) is 10.6 Å². The van der Waals surface area contributed by atoms with E-state index in [9.17, 15) is 14.4 Å². The zero-order chi connectivity index (χ0) is 22.9. The van der Waals surface area contributed by atoms with Gasteiger partial charge < -0.3 is 16.0 Å². The molecule has 3 amide bonds. The Kier molecular flexibility index (Phi) is 7.99. The molecule has 7 nitrogen and oxygen atoms in total. The predicted octanol–water partition coefficient (Wildman–Crippen LogP) is 4.09. The summed E-state index contributed by atoms with van der Waals surface area (Å²) < 4.78 is 0. The van der Waals surface area contributed by atoms with Crippen LogP contribution >= 0.6 is 11.8 Å². The molecule has 0 bridgehead atoms. The van der Waals surface area contributed by atoms with Crippen molar-refractivity contribution in [1.29, 1.82) is 0 Å². The highest BCUT2D eigenvalue weighted by molar-refractivity contribution is 8.00. The SMILES string of the molecule is CC(=O)Nc1ccc(SC(C)C(=O)Nc2cccc(C(=O)NCc3ccccn3)c2)cc1. The number of hydrogen-bond acceptors (Lipinski definition) is 5. The lowest BCUT2D eigenvalue weighted by molar-refractivity contribution is -0.115. The van der Waals surface area contributed by atoms with Gasteiger partial charge in [0.2, 0.25) is 11.8 Å². The van der Waals surface area contributed by atoms with Crippen molar-refractivity contribution < 1.29 is 14.4 Å². The fourth-order valence-corrected chi connectivity index (χ4v) is 3.70. The Labute approximate surface area is 191 Å². The van der Waals surface area contributed by atoms with E-state index in [0.29, 0.717) is 23.5 Å². The highest BCUT2D eigenvalue weighted by Crippen LogP contribution is 2.25. The molecule has 8 heteroatoms. The number of carbonyl (C=O) groups is 3. The molecule has 164 valence electrons. The number of aromatic nitrogens is 1. The summed E-state index contributed by atoms with van der Waals surface area (Å²) >= 11 is 1.40. The van der Waals surface area contributed by atoms with Crippen molar-refractivity contribution in [1.82, 2.24) is 10.3 Å². The molecule has 1 aromatic heterocycles. The summed E-state index contributed by atoms with van der Waals surface area (Å²) in [5.41, 5.74) is 2.47. The minimum Gasteiger partial charge on any atom is -0.346 e. The zero-order valence-electron chi connectivity index (χ0n) is 17.8. The largest absolute Gasteiger partial charge is 0.346 e. The van der Waals surface area contributed by atoms with E-state index in [1.165, 1.54) is 18.7 Å². The van der Waals surface area contributed by atoms with Gasteiger partial charge in [0.05, 0.1) is 17.5 Å². The summed E-state index contributed by atoms with van der Waals surface area (Å²) in [6, 6.07) is 19.6. The smallest absolute Gasteiger partial charge is 0.251 e. The van der Waals surface area contributed by atoms with Crippen molar-refractivity contribution in [3.63, 3.8) is 0 Å². The number of hydrogen-bond donors (Lipinski definition) is 3. The summed E-state index contributed by atoms with van der Waals surface area (Å²) in [5.74, 6) is -0.550. The Morgan fingerprint density at radius 3 is 2.41 bits per heavy atom. The van der Waals surface area contributed by atoms with Crippen molar-refractivity contribution in [3.8, 4) is 0 Å².